The van der Waals surface area contributed by atoms with Crippen LogP contribution in [0.3, 0.4) is 0 Å². The van der Waals surface area contributed by atoms with Crippen LogP contribution in [0, 0.1) is 5.92 Å². The van der Waals surface area contributed by atoms with Crippen LogP contribution >= 0.6 is 0 Å². The van der Waals surface area contributed by atoms with Gasteiger partial charge in [-0.25, -0.2) is 8.78 Å². The van der Waals surface area contributed by atoms with Crippen LogP contribution in [0.15, 0.2) is 24.5 Å². The lowest BCUT2D eigenvalue weighted by molar-refractivity contribution is -0.00819. The van der Waals surface area contributed by atoms with Crippen LogP contribution in [0.5, 0.6) is 0 Å². The molecule has 1 amide bonds. The highest BCUT2D eigenvalue weighted by atomic mass is 19.3. The Kier molecular flexibility index (Phi) is 5.69. The summed E-state index contributed by atoms with van der Waals surface area (Å²) in [5.74, 6) is 0.137. The molecule has 1 saturated carbocycles. The third-order valence-electron chi connectivity index (χ3n) is 4.99. The van der Waals surface area contributed by atoms with Crippen LogP contribution in [-0.2, 0) is 0 Å². The lowest BCUT2D eigenvalue weighted by Crippen LogP contribution is -2.21. The van der Waals surface area contributed by atoms with Gasteiger partial charge in [0.15, 0.2) is 11.9 Å². The maximum atomic E-state index is 12.5. The smallest absolute Gasteiger partial charge is 0.269 e. The monoisotopic (exact) mass is 379 g/mol. The molecule has 0 unspecified atom stereocenters. The molecule has 0 saturated heterocycles. The van der Waals surface area contributed by atoms with E-state index in [0.717, 1.165) is 19.3 Å². The number of anilines is 2. The molecule has 27 heavy (non-hydrogen) atoms. The van der Waals surface area contributed by atoms with Gasteiger partial charge in [-0.15, -0.1) is 0 Å². The summed E-state index contributed by atoms with van der Waals surface area (Å²) < 4.78 is 26.9. The molecule has 3 rings (SSSR count). The fraction of sp³-hybridized carbons (Fsp3) is 0.500. The molecule has 0 radical (unpaired) electrons. The number of pyridine rings is 1. The van der Waals surface area contributed by atoms with Gasteiger partial charge in [0, 0.05) is 6.20 Å². The van der Waals surface area contributed by atoms with E-state index in [1.807, 2.05) is 0 Å². The van der Waals surface area contributed by atoms with Crippen molar-refractivity contribution < 1.29 is 18.7 Å². The van der Waals surface area contributed by atoms with Crippen molar-refractivity contribution in [3.63, 3.8) is 0 Å². The number of primary amides is 1. The van der Waals surface area contributed by atoms with E-state index in [1.54, 1.807) is 10.9 Å². The molecule has 2 aromatic heterocycles. The molecule has 2 aromatic rings. The number of nitrogens with zero attached hydrogens (tertiary/aromatic N) is 3. The fourth-order valence-electron chi connectivity index (χ4n) is 3.44. The highest BCUT2D eigenvalue weighted by Crippen LogP contribution is 2.34. The summed E-state index contributed by atoms with van der Waals surface area (Å²) in [6.07, 6.45) is 2.50. The molecule has 0 aromatic carbocycles. The van der Waals surface area contributed by atoms with Crippen molar-refractivity contribution in [2.45, 2.75) is 51.2 Å². The Hall–Kier alpha value is -2.55. The number of carbonyl (C=O) groups is 1. The quantitative estimate of drug-likeness (QED) is 0.715. The van der Waals surface area contributed by atoms with E-state index in [2.05, 4.69) is 22.3 Å². The highest BCUT2D eigenvalue weighted by molar-refractivity contribution is 5.98. The zero-order chi connectivity index (χ0) is 19.6. The lowest BCUT2D eigenvalue weighted by Gasteiger charge is -2.28. The van der Waals surface area contributed by atoms with Gasteiger partial charge < -0.3 is 16.2 Å². The second-order valence-corrected chi connectivity index (χ2v) is 6.94. The van der Waals surface area contributed by atoms with Gasteiger partial charge in [-0.05, 0) is 30.9 Å². The van der Waals surface area contributed by atoms with E-state index in [-0.39, 0.29) is 17.3 Å². The predicted molar refractivity (Wildman–Crippen MR) is 95.9 cm³/mol. The molecule has 4 N–H and O–H groups in total. The first-order chi connectivity index (χ1) is 12.9. The van der Waals surface area contributed by atoms with Gasteiger partial charge in [-0.3, -0.25) is 14.5 Å². The van der Waals surface area contributed by atoms with Gasteiger partial charge in [0.2, 0.25) is 0 Å². The van der Waals surface area contributed by atoms with Crippen molar-refractivity contribution in [2.24, 2.45) is 11.7 Å². The van der Waals surface area contributed by atoms with Crippen molar-refractivity contribution in [1.82, 2.24) is 14.8 Å². The molecule has 1 fully saturated rings. The molecule has 1 aliphatic rings. The third kappa shape index (κ3) is 4.24. The van der Waals surface area contributed by atoms with Crippen LogP contribution in [0.4, 0.5) is 20.3 Å². The zero-order valence-corrected chi connectivity index (χ0v) is 15.0. The Morgan fingerprint density at radius 3 is 2.70 bits per heavy atom. The van der Waals surface area contributed by atoms with Crippen LogP contribution < -0.4 is 11.1 Å². The Morgan fingerprint density at radius 2 is 2.11 bits per heavy atom. The van der Waals surface area contributed by atoms with Crippen LogP contribution in [0.25, 0.3) is 0 Å². The first-order valence-corrected chi connectivity index (χ1v) is 8.95. The number of alkyl halides is 2. The second-order valence-electron chi connectivity index (χ2n) is 6.94. The molecule has 146 valence electrons. The van der Waals surface area contributed by atoms with Gasteiger partial charge >= 0.3 is 0 Å². The number of amides is 1. The van der Waals surface area contributed by atoms with Gasteiger partial charge in [-0.1, -0.05) is 19.8 Å². The van der Waals surface area contributed by atoms with Crippen molar-refractivity contribution >= 4 is 17.4 Å². The second kappa shape index (κ2) is 7.99. The Morgan fingerprint density at radius 1 is 1.37 bits per heavy atom. The largest absolute Gasteiger partial charge is 0.381 e. The summed E-state index contributed by atoms with van der Waals surface area (Å²) in [7, 11) is 0. The number of aliphatic hydroxyl groups excluding tert-OH is 1. The Balaban J connectivity index is 1.82. The number of hydrogen-bond acceptors (Lipinski definition) is 5. The summed E-state index contributed by atoms with van der Waals surface area (Å²) in [4.78, 5) is 15.6. The minimum atomic E-state index is -2.91. The molecule has 0 aliphatic heterocycles. The number of halogens is 2. The number of carbonyl (C=O) groups excluding carboxylic acids is 1. The highest BCUT2D eigenvalue weighted by Gasteiger charge is 2.26. The summed E-state index contributed by atoms with van der Waals surface area (Å²) >= 11 is 0. The number of nitrogens with two attached hydrogens (primary N) is 1. The molecule has 7 nitrogen and oxygen atoms in total. The van der Waals surface area contributed by atoms with Crippen LogP contribution in [0.2, 0.25) is 0 Å². The van der Waals surface area contributed by atoms with E-state index in [9.17, 15) is 18.7 Å². The topological polar surface area (TPSA) is 106 Å². The molecule has 9 heteroatoms. The van der Waals surface area contributed by atoms with E-state index in [4.69, 9.17) is 5.73 Å². The first-order valence-electron chi connectivity index (χ1n) is 8.95. The Labute approximate surface area is 155 Å². The standard InChI is InChI=1S/C18H23F2N5O2/c1-10-4-2-3-5-14(10)25-9-12(17(21)27)18(24-25)23-11-6-7-13(22-8-11)15(26)16(19)20/h6-10,14-16,26H,2-5H2,1H3,(H2,21,27)(H,23,24)/t10-,14-,15-/m0/s1. The van der Waals surface area contributed by atoms with Gasteiger partial charge in [-0.2, -0.15) is 5.10 Å². The van der Waals surface area contributed by atoms with Crippen molar-refractivity contribution in [1.29, 1.82) is 0 Å². The minimum Gasteiger partial charge on any atom is -0.381 e. The third-order valence-corrected chi connectivity index (χ3v) is 4.99. The summed E-state index contributed by atoms with van der Waals surface area (Å²) in [6.45, 7) is 2.17. The number of rotatable bonds is 6. The molecule has 1 aliphatic carbocycles. The van der Waals surface area contributed by atoms with Gasteiger partial charge in [0.1, 0.15) is 5.56 Å². The number of aromatic nitrogens is 3. The average Bonchev–Trinajstić information content (AvgIpc) is 3.06. The fourth-order valence-corrected chi connectivity index (χ4v) is 3.44. The average molecular weight is 379 g/mol. The SMILES string of the molecule is C[C@H]1CCCC[C@@H]1n1cc(C(N)=O)c(Nc2ccc([C@H](O)C(F)F)nc2)n1. The summed E-state index contributed by atoms with van der Waals surface area (Å²) in [5.41, 5.74) is 6.05. The zero-order valence-electron chi connectivity index (χ0n) is 15.0. The van der Waals surface area contributed by atoms with E-state index in [0.29, 0.717) is 17.4 Å². The van der Waals surface area contributed by atoms with E-state index >= 15 is 0 Å². The van der Waals surface area contributed by atoms with Crippen molar-refractivity contribution in [3.05, 3.63) is 35.8 Å². The van der Waals surface area contributed by atoms with Gasteiger partial charge in [0.05, 0.1) is 23.6 Å². The van der Waals surface area contributed by atoms with E-state index in [1.165, 1.54) is 24.8 Å². The lowest BCUT2D eigenvalue weighted by atomic mass is 9.86. The Bertz CT molecular complexity index is 794. The molecule has 0 spiro atoms. The van der Waals surface area contributed by atoms with Crippen LogP contribution in [0.1, 0.15) is 60.8 Å². The molecule has 3 atom stereocenters. The van der Waals surface area contributed by atoms with E-state index < -0.39 is 18.4 Å². The first kappa shape index (κ1) is 19.2. The maximum absolute atomic E-state index is 12.5. The number of aliphatic hydroxyl groups is 1. The number of hydrogen-bond donors (Lipinski definition) is 3. The van der Waals surface area contributed by atoms with Crippen molar-refractivity contribution in [2.75, 3.05) is 5.32 Å². The predicted octanol–water partition coefficient (Wildman–Crippen LogP) is 3.17. The maximum Gasteiger partial charge on any atom is 0.269 e. The molecule has 2 heterocycles. The normalized spacial score (nSPS) is 21.2. The summed E-state index contributed by atoms with van der Waals surface area (Å²) in [6, 6.07) is 2.98. The minimum absolute atomic E-state index is 0.132. The summed E-state index contributed by atoms with van der Waals surface area (Å²) in [5, 5.41) is 16.8. The number of nitrogens with one attached hydrogen (secondary N) is 1. The van der Waals surface area contributed by atoms with Gasteiger partial charge in [0.25, 0.3) is 12.3 Å². The van der Waals surface area contributed by atoms with Crippen molar-refractivity contribution in [3.8, 4) is 0 Å². The molecule has 0 bridgehead atoms. The van der Waals surface area contributed by atoms with Crippen LogP contribution in [-0.4, -0.2) is 32.2 Å². The molecular weight excluding hydrogens is 356 g/mol. The molecular formula is C18H23F2N5O2.